The zero-order valence-corrected chi connectivity index (χ0v) is 18.2. The number of nitrogens with zero attached hydrogens (tertiary/aromatic N) is 3. The molecule has 0 radical (unpaired) electrons. The summed E-state index contributed by atoms with van der Waals surface area (Å²) in [6.07, 6.45) is 0.835. The van der Waals surface area contributed by atoms with Crippen LogP contribution in [0.4, 0.5) is 4.79 Å². The minimum absolute atomic E-state index is 0.0761. The predicted molar refractivity (Wildman–Crippen MR) is 108 cm³/mol. The quantitative estimate of drug-likeness (QED) is 0.537. The molecular formula is C20H24ClN3O6. The second-order valence-electron chi connectivity index (χ2n) is 8.15. The summed E-state index contributed by atoms with van der Waals surface area (Å²) in [5.41, 5.74) is -1.62. The maximum absolute atomic E-state index is 13.0. The Kier molecular flexibility index (Phi) is 5.68. The van der Waals surface area contributed by atoms with Crippen LogP contribution in [-0.2, 0) is 29.3 Å². The zero-order chi connectivity index (χ0) is 22.3. The number of rotatable bonds is 3. The van der Waals surface area contributed by atoms with E-state index in [-0.39, 0.29) is 13.0 Å². The standard InChI is InChI=1S/C20H24ClN3O6/c1-19(2,3)30-18(27)23-11-20(17(26)29-5,9-15(23)16(25)28-4)24-10-12-8-13(21)6-7-14(12)22-24/h6-8,10,15H,9,11H2,1-5H3/t15-,20+/m0/s1. The van der Waals surface area contributed by atoms with E-state index in [1.807, 2.05) is 0 Å². The van der Waals surface area contributed by atoms with E-state index in [1.165, 1.54) is 23.8 Å². The van der Waals surface area contributed by atoms with E-state index in [0.29, 0.717) is 15.9 Å². The van der Waals surface area contributed by atoms with Gasteiger partial charge in [0.1, 0.15) is 11.6 Å². The van der Waals surface area contributed by atoms with Crippen LogP contribution in [0.25, 0.3) is 10.9 Å². The summed E-state index contributed by atoms with van der Waals surface area (Å²) >= 11 is 6.06. The number of benzene rings is 1. The third-order valence-electron chi connectivity index (χ3n) is 4.91. The van der Waals surface area contributed by atoms with E-state index in [0.717, 1.165) is 0 Å². The molecule has 0 N–H and O–H groups in total. The van der Waals surface area contributed by atoms with Crippen molar-refractivity contribution in [1.29, 1.82) is 0 Å². The van der Waals surface area contributed by atoms with Crippen LogP contribution in [-0.4, -0.2) is 65.1 Å². The average molecular weight is 438 g/mol. The largest absolute Gasteiger partial charge is 0.467 e. The lowest BCUT2D eigenvalue weighted by molar-refractivity contribution is -0.151. The molecule has 1 aromatic carbocycles. The highest BCUT2D eigenvalue weighted by Gasteiger charge is 2.57. The van der Waals surface area contributed by atoms with Crippen molar-refractivity contribution < 1.29 is 28.6 Å². The van der Waals surface area contributed by atoms with Crippen molar-refractivity contribution in [2.45, 2.75) is 44.4 Å². The van der Waals surface area contributed by atoms with Gasteiger partial charge >= 0.3 is 18.0 Å². The first kappa shape index (κ1) is 21.9. The highest BCUT2D eigenvalue weighted by molar-refractivity contribution is 6.31. The maximum atomic E-state index is 13.0. The number of ether oxygens (including phenoxy) is 3. The molecule has 9 nitrogen and oxygen atoms in total. The van der Waals surface area contributed by atoms with Gasteiger partial charge in [0, 0.05) is 23.0 Å². The second kappa shape index (κ2) is 7.79. The molecular weight excluding hydrogens is 414 g/mol. The van der Waals surface area contributed by atoms with Gasteiger partial charge in [0.15, 0.2) is 5.54 Å². The SMILES string of the molecule is COC(=O)[C@@H]1C[C@@](C(=O)OC)(n2cc3cc(Cl)ccc3n2)CN1C(=O)OC(C)(C)C. The molecule has 2 heterocycles. The third kappa shape index (κ3) is 3.94. The summed E-state index contributed by atoms with van der Waals surface area (Å²) in [4.78, 5) is 39.4. The van der Waals surface area contributed by atoms with Gasteiger partial charge in [-0.15, -0.1) is 0 Å². The van der Waals surface area contributed by atoms with Crippen LogP contribution in [0.2, 0.25) is 5.02 Å². The van der Waals surface area contributed by atoms with E-state index in [4.69, 9.17) is 25.8 Å². The summed E-state index contributed by atoms with van der Waals surface area (Å²) in [7, 11) is 2.46. The van der Waals surface area contributed by atoms with Gasteiger partial charge in [0.2, 0.25) is 0 Å². The van der Waals surface area contributed by atoms with Crippen molar-refractivity contribution in [1.82, 2.24) is 14.7 Å². The molecule has 30 heavy (non-hydrogen) atoms. The fourth-order valence-corrected chi connectivity index (χ4v) is 3.74. The summed E-state index contributed by atoms with van der Waals surface area (Å²) < 4.78 is 16.8. The molecule has 2 aromatic rings. The van der Waals surface area contributed by atoms with Gasteiger partial charge in [-0.25, -0.2) is 14.4 Å². The van der Waals surface area contributed by atoms with Crippen LogP contribution >= 0.6 is 11.6 Å². The molecule has 3 rings (SSSR count). The first-order valence-electron chi connectivity index (χ1n) is 9.32. The van der Waals surface area contributed by atoms with E-state index in [1.54, 1.807) is 45.2 Å². The topological polar surface area (TPSA) is 100.0 Å². The maximum Gasteiger partial charge on any atom is 0.411 e. The molecule has 1 aliphatic heterocycles. The molecule has 162 valence electrons. The highest BCUT2D eigenvalue weighted by atomic mass is 35.5. The summed E-state index contributed by atoms with van der Waals surface area (Å²) in [6.45, 7) is 4.97. The normalized spacial score (nSPS) is 21.5. The molecule has 1 fully saturated rings. The van der Waals surface area contributed by atoms with Crippen molar-refractivity contribution in [2.75, 3.05) is 20.8 Å². The van der Waals surface area contributed by atoms with E-state index < -0.39 is 35.2 Å². The fraction of sp³-hybridized carbons (Fsp3) is 0.500. The Morgan fingerprint density at radius 2 is 1.90 bits per heavy atom. The van der Waals surface area contributed by atoms with Gasteiger partial charge < -0.3 is 14.2 Å². The number of carbonyl (C=O) groups is 3. The average Bonchev–Trinajstić information content (AvgIpc) is 3.27. The summed E-state index contributed by atoms with van der Waals surface area (Å²) in [5, 5.41) is 5.71. The van der Waals surface area contributed by atoms with Crippen LogP contribution < -0.4 is 0 Å². The van der Waals surface area contributed by atoms with Crippen LogP contribution in [0, 0.1) is 0 Å². The van der Waals surface area contributed by atoms with Crippen molar-refractivity contribution in [3.63, 3.8) is 0 Å². The second-order valence-corrected chi connectivity index (χ2v) is 8.59. The van der Waals surface area contributed by atoms with Gasteiger partial charge in [-0.3, -0.25) is 9.58 Å². The molecule has 1 saturated heterocycles. The number of esters is 2. The molecule has 0 saturated carbocycles. The number of likely N-dealkylation sites (tertiary alicyclic amines) is 1. The Labute approximate surface area is 178 Å². The van der Waals surface area contributed by atoms with E-state index >= 15 is 0 Å². The van der Waals surface area contributed by atoms with Crippen LogP contribution in [0.5, 0.6) is 0 Å². The van der Waals surface area contributed by atoms with Crippen LogP contribution in [0.3, 0.4) is 0 Å². The Morgan fingerprint density at radius 3 is 2.50 bits per heavy atom. The molecule has 0 unspecified atom stereocenters. The molecule has 0 aliphatic carbocycles. The monoisotopic (exact) mass is 437 g/mol. The smallest absolute Gasteiger partial charge is 0.411 e. The number of aromatic nitrogens is 2. The number of hydrogen-bond donors (Lipinski definition) is 0. The van der Waals surface area contributed by atoms with Crippen LogP contribution in [0.15, 0.2) is 24.4 Å². The number of carbonyl (C=O) groups excluding carboxylic acids is 3. The minimum atomic E-state index is -1.43. The predicted octanol–water partition coefficient (Wildman–Crippen LogP) is 2.74. The van der Waals surface area contributed by atoms with Gasteiger partial charge in [-0.05, 0) is 39.0 Å². The van der Waals surface area contributed by atoms with Crippen molar-refractivity contribution in [2.24, 2.45) is 0 Å². The lowest BCUT2D eigenvalue weighted by Gasteiger charge is -2.28. The molecule has 2 atom stereocenters. The van der Waals surface area contributed by atoms with Gasteiger partial charge in [-0.1, -0.05) is 11.6 Å². The van der Waals surface area contributed by atoms with Gasteiger partial charge in [0.05, 0.1) is 26.3 Å². The Morgan fingerprint density at radius 1 is 1.20 bits per heavy atom. The molecule has 1 aromatic heterocycles. The van der Waals surface area contributed by atoms with Crippen molar-refractivity contribution in [3.05, 3.63) is 29.4 Å². The van der Waals surface area contributed by atoms with E-state index in [2.05, 4.69) is 5.10 Å². The molecule has 0 bridgehead atoms. The number of hydrogen-bond acceptors (Lipinski definition) is 7. The Balaban J connectivity index is 2.09. The van der Waals surface area contributed by atoms with Gasteiger partial charge in [-0.2, -0.15) is 5.10 Å². The lowest BCUT2D eigenvalue weighted by Crippen LogP contribution is -2.47. The summed E-state index contributed by atoms with van der Waals surface area (Å²) in [6, 6.07) is 4.08. The Bertz CT molecular complexity index is 998. The minimum Gasteiger partial charge on any atom is -0.467 e. The van der Waals surface area contributed by atoms with Crippen molar-refractivity contribution in [3.8, 4) is 0 Å². The van der Waals surface area contributed by atoms with Gasteiger partial charge in [0.25, 0.3) is 0 Å². The van der Waals surface area contributed by atoms with Crippen LogP contribution in [0.1, 0.15) is 27.2 Å². The fourth-order valence-electron chi connectivity index (χ4n) is 3.56. The number of fused-ring (bicyclic) bond motifs is 1. The lowest BCUT2D eigenvalue weighted by atomic mass is 9.96. The molecule has 10 heteroatoms. The van der Waals surface area contributed by atoms with Crippen molar-refractivity contribution >= 4 is 40.5 Å². The number of amides is 1. The molecule has 0 spiro atoms. The third-order valence-corrected chi connectivity index (χ3v) is 5.15. The molecule has 1 aliphatic rings. The Hall–Kier alpha value is -2.81. The summed E-state index contributed by atoms with van der Waals surface area (Å²) in [5.74, 6) is -1.30. The zero-order valence-electron chi connectivity index (χ0n) is 17.5. The first-order chi connectivity index (χ1) is 14.0. The first-order valence-corrected chi connectivity index (χ1v) is 9.70. The highest BCUT2D eigenvalue weighted by Crippen LogP contribution is 2.37. The molecule has 1 amide bonds. The van der Waals surface area contributed by atoms with E-state index in [9.17, 15) is 14.4 Å². The number of methoxy groups -OCH3 is 2. The number of halogens is 1.